The number of hydrogen-bond acceptors (Lipinski definition) is 5. The van der Waals surface area contributed by atoms with Crippen LogP contribution in [0.25, 0.3) is 11.3 Å². The van der Waals surface area contributed by atoms with Gasteiger partial charge in [-0.15, -0.1) is 0 Å². The van der Waals surface area contributed by atoms with Crippen LogP contribution in [0.2, 0.25) is 0 Å². The molecule has 6 nitrogen and oxygen atoms in total. The summed E-state index contributed by atoms with van der Waals surface area (Å²) < 4.78 is 5.33. The van der Waals surface area contributed by atoms with Crippen LogP contribution in [0.15, 0.2) is 54.6 Å². The number of aromatic nitrogens is 2. The Labute approximate surface area is 176 Å². The van der Waals surface area contributed by atoms with Gasteiger partial charge in [0.05, 0.1) is 24.3 Å². The molecular formula is C24H25N3O3. The van der Waals surface area contributed by atoms with Crippen LogP contribution in [-0.4, -0.2) is 28.2 Å². The van der Waals surface area contributed by atoms with E-state index in [9.17, 15) is 9.90 Å². The number of aryl methyl sites for hydroxylation is 1. The molecule has 1 heterocycles. The molecule has 0 saturated carbocycles. The molecule has 0 amide bonds. The monoisotopic (exact) mass is 403 g/mol. The molecule has 0 radical (unpaired) electrons. The van der Waals surface area contributed by atoms with Crippen LogP contribution < -0.4 is 10.1 Å². The SMILES string of the molecule is COc1nc(NC2CCc3ccccc32)cc(-c2cccc(C(C)(C)C(=O)O)c2)n1. The number of ether oxygens (including phenoxy) is 1. The van der Waals surface area contributed by atoms with Crippen LogP contribution in [0, 0.1) is 0 Å². The molecule has 1 aromatic heterocycles. The predicted octanol–water partition coefficient (Wildman–Crippen LogP) is 4.61. The quantitative estimate of drug-likeness (QED) is 0.625. The van der Waals surface area contributed by atoms with Gasteiger partial charge in [-0.25, -0.2) is 0 Å². The second-order valence-electron chi connectivity index (χ2n) is 8.07. The molecule has 1 atom stereocenters. The van der Waals surface area contributed by atoms with Gasteiger partial charge in [0.1, 0.15) is 5.82 Å². The molecule has 1 unspecified atom stereocenters. The minimum absolute atomic E-state index is 0.186. The Morgan fingerprint density at radius 1 is 1.13 bits per heavy atom. The van der Waals surface area contributed by atoms with Crippen LogP contribution in [0.5, 0.6) is 6.01 Å². The number of anilines is 1. The number of nitrogens with one attached hydrogen (secondary N) is 1. The van der Waals surface area contributed by atoms with E-state index in [2.05, 4.69) is 39.6 Å². The third kappa shape index (κ3) is 3.73. The normalized spacial score (nSPS) is 15.5. The number of carboxylic acids is 1. The number of rotatable bonds is 6. The van der Waals surface area contributed by atoms with Gasteiger partial charge in [-0.3, -0.25) is 4.79 Å². The molecule has 0 spiro atoms. The number of fused-ring (bicyclic) bond motifs is 1. The first-order valence-corrected chi connectivity index (χ1v) is 10.00. The fourth-order valence-corrected chi connectivity index (χ4v) is 3.81. The molecule has 0 saturated heterocycles. The van der Waals surface area contributed by atoms with Crippen LogP contribution in [0.3, 0.4) is 0 Å². The van der Waals surface area contributed by atoms with Gasteiger partial charge in [0.2, 0.25) is 0 Å². The van der Waals surface area contributed by atoms with Crippen LogP contribution >= 0.6 is 0 Å². The maximum Gasteiger partial charge on any atom is 0.318 e. The molecule has 0 aliphatic heterocycles. The molecule has 6 heteroatoms. The first-order valence-electron chi connectivity index (χ1n) is 10.00. The van der Waals surface area contributed by atoms with Crippen molar-refractivity contribution in [2.24, 2.45) is 0 Å². The summed E-state index contributed by atoms with van der Waals surface area (Å²) in [6.07, 6.45) is 2.04. The smallest absolute Gasteiger partial charge is 0.318 e. The van der Waals surface area contributed by atoms with Gasteiger partial charge in [-0.05, 0) is 49.4 Å². The van der Waals surface area contributed by atoms with Gasteiger partial charge in [0.25, 0.3) is 0 Å². The van der Waals surface area contributed by atoms with Crippen molar-refractivity contribution in [1.29, 1.82) is 0 Å². The highest BCUT2D eigenvalue weighted by Crippen LogP contribution is 2.35. The number of methoxy groups -OCH3 is 1. The molecule has 3 aromatic rings. The van der Waals surface area contributed by atoms with E-state index in [-0.39, 0.29) is 12.1 Å². The average Bonchev–Trinajstić information content (AvgIpc) is 3.16. The highest BCUT2D eigenvalue weighted by molar-refractivity contribution is 5.81. The lowest BCUT2D eigenvalue weighted by atomic mass is 9.84. The van der Waals surface area contributed by atoms with Gasteiger partial charge in [0, 0.05) is 11.6 Å². The zero-order valence-corrected chi connectivity index (χ0v) is 17.3. The number of benzene rings is 2. The third-order valence-electron chi connectivity index (χ3n) is 5.76. The Morgan fingerprint density at radius 2 is 1.93 bits per heavy atom. The van der Waals surface area contributed by atoms with Crippen LogP contribution in [0.1, 0.15) is 43.0 Å². The van der Waals surface area contributed by atoms with Crippen molar-refractivity contribution in [2.45, 2.75) is 38.1 Å². The summed E-state index contributed by atoms with van der Waals surface area (Å²) >= 11 is 0. The number of hydrogen-bond donors (Lipinski definition) is 2. The van der Waals surface area contributed by atoms with Gasteiger partial charge < -0.3 is 15.2 Å². The standard InChI is InChI=1S/C24H25N3O3/c1-24(2,22(28)29)17-9-6-8-16(13-17)20-14-21(27-23(26-20)30-3)25-19-12-11-15-7-4-5-10-18(15)19/h4-10,13-14,19H,11-12H2,1-3H3,(H,28,29)(H,25,26,27). The lowest BCUT2D eigenvalue weighted by molar-refractivity contribution is -0.142. The van der Waals surface area contributed by atoms with Crippen LogP contribution in [-0.2, 0) is 16.6 Å². The maximum atomic E-state index is 11.7. The number of nitrogens with zero attached hydrogens (tertiary/aromatic N) is 2. The zero-order chi connectivity index (χ0) is 21.3. The van der Waals surface area contributed by atoms with E-state index in [1.165, 1.54) is 18.2 Å². The van der Waals surface area contributed by atoms with Crippen molar-refractivity contribution in [3.05, 3.63) is 71.3 Å². The summed E-state index contributed by atoms with van der Waals surface area (Å²) in [7, 11) is 1.54. The highest BCUT2D eigenvalue weighted by Gasteiger charge is 2.29. The van der Waals surface area contributed by atoms with Crippen molar-refractivity contribution >= 4 is 11.8 Å². The minimum Gasteiger partial charge on any atom is -0.481 e. The Bertz CT molecular complexity index is 1090. The second kappa shape index (κ2) is 7.78. The van der Waals surface area contributed by atoms with Gasteiger partial charge in [0.15, 0.2) is 0 Å². The number of carbonyl (C=O) groups is 1. The van der Waals surface area contributed by atoms with Crippen molar-refractivity contribution < 1.29 is 14.6 Å². The molecule has 2 aromatic carbocycles. The molecule has 2 N–H and O–H groups in total. The Balaban J connectivity index is 1.68. The van der Waals surface area contributed by atoms with E-state index < -0.39 is 11.4 Å². The van der Waals surface area contributed by atoms with E-state index in [0.717, 1.165) is 18.4 Å². The Hall–Kier alpha value is -3.41. The Morgan fingerprint density at radius 3 is 2.70 bits per heavy atom. The summed E-state index contributed by atoms with van der Waals surface area (Å²) in [5.74, 6) is -0.191. The van der Waals surface area contributed by atoms with Gasteiger partial charge in [-0.1, -0.05) is 42.5 Å². The molecule has 154 valence electrons. The summed E-state index contributed by atoms with van der Waals surface area (Å²) in [4.78, 5) is 20.6. The first-order chi connectivity index (χ1) is 14.4. The van der Waals surface area contributed by atoms with Crippen molar-refractivity contribution in [2.75, 3.05) is 12.4 Å². The molecule has 0 bridgehead atoms. The molecule has 30 heavy (non-hydrogen) atoms. The molecule has 1 aliphatic carbocycles. The minimum atomic E-state index is -0.998. The number of carboxylic acid groups (broad SMARTS) is 1. The van der Waals surface area contributed by atoms with E-state index in [1.54, 1.807) is 13.8 Å². The fourth-order valence-electron chi connectivity index (χ4n) is 3.81. The number of aliphatic carboxylic acids is 1. The van der Waals surface area contributed by atoms with Gasteiger partial charge >= 0.3 is 12.0 Å². The predicted molar refractivity (Wildman–Crippen MR) is 116 cm³/mol. The highest BCUT2D eigenvalue weighted by atomic mass is 16.5. The lowest BCUT2D eigenvalue weighted by Gasteiger charge is -2.20. The summed E-state index contributed by atoms with van der Waals surface area (Å²) in [6, 6.07) is 18.2. The average molecular weight is 403 g/mol. The van der Waals surface area contributed by atoms with Crippen LogP contribution in [0.4, 0.5) is 5.82 Å². The van der Waals surface area contributed by atoms with E-state index >= 15 is 0 Å². The molecule has 4 rings (SSSR count). The zero-order valence-electron chi connectivity index (χ0n) is 17.3. The van der Waals surface area contributed by atoms with E-state index in [0.29, 0.717) is 17.1 Å². The van der Waals surface area contributed by atoms with Crippen molar-refractivity contribution in [3.8, 4) is 17.3 Å². The van der Waals surface area contributed by atoms with Crippen molar-refractivity contribution in [1.82, 2.24) is 9.97 Å². The lowest BCUT2D eigenvalue weighted by Crippen LogP contribution is -2.28. The van der Waals surface area contributed by atoms with Crippen molar-refractivity contribution in [3.63, 3.8) is 0 Å². The molecule has 0 fully saturated rings. The topological polar surface area (TPSA) is 84.3 Å². The first kappa shape index (κ1) is 19.9. The summed E-state index contributed by atoms with van der Waals surface area (Å²) in [6.45, 7) is 3.39. The van der Waals surface area contributed by atoms with Gasteiger partial charge in [-0.2, -0.15) is 9.97 Å². The van der Waals surface area contributed by atoms with E-state index in [4.69, 9.17) is 4.74 Å². The Kier molecular flexibility index (Phi) is 5.16. The molecule has 1 aliphatic rings. The summed E-state index contributed by atoms with van der Waals surface area (Å²) in [5, 5.41) is 13.1. The van der Waals surface area contributed by atoms with E-state index in [1.807, 2.05) is 30.3 Å². The fraction of sp³-hybridized carbons (Fsp3) is 0.292. The molecular weight excluding hydrogens is 378 g/mol. The maximum absolute atomic E-state index is 11.7. The third-order valence-corrected chi connectivity index (χ3v) is 5.76. The largest absolute Gasteiger partial charge is 0.481 e. The summed E-state index contributed by atoms with van der Waals surface area (Å²) in [5.41, 5.74) is 3.86. The second-order valence-corrected chi connectivity index (χ2v) is 8.07.